The van der Waals surface area contributed by atoms with Gasteiger partial charge in [0.2, 0.25) is 0 Å². The molecule has 1 unspecified atom stereocenters. The van der Waals surface area contributed by atoms with Crippen LogP contribution in [0.15, 0.2) is 55.2 Å². The van der Waals surface area contributed by atoms with Gasteiger partial charge in [-0.3, -0.25) is 4.79 Å². The third-order valence-electron chi connectivity index (χ3n) is 4.13. The van der Waals surface area contributed by atoms with Crippen molar-refractivity contribution in [2.24, 2.45) is 0 Å². The average molecular weight is 305 g/mol. The molecule has 23 heavy (non-hydrogen) atoms. The SMILES string of the molecule is O=C(NCC1Cc2ccccc21)c1ccnc(-n2cncn2)c1. The fourth-order valence-corrected chi connectivity index (χ4v) is 2.87. The predicted molar refractivity (Wildman–Crippen MR) is 84.4 cm³/mol. The Morgan fingerprint density at radius 3 is 3.04 bits per heavy atom. The number of benzene rings is 1. The summed E-state index contributed by atoms with van der Waals surface area (Å²) in [5, 5.41) is 7.02. The average Bonchev–Trinajstić information content (AvgIpc) is 3.10. The van der Waals surface area contributed by atoms with Crippen molar-refractivity contribution in [1.82, 2.24) is 25.1 Å². The first kappa shape index (κ1) is 13.6. The van der Waals surface area contributed by atoms with E-state index in [4.69, 9.17) is 0 Å². The van der Waals surface area contributed by atoms with E-state index >= 15 is 0 Å². The molecule has 0 saturated heterocycles. The molecular weight excluding hydrogens is 290 g/mol. The Morgan fingerprint density at radius 2 is 2.22 bits per heavy atom. The van der Waals surface area contributed by atoms with Crippen molar-refractivity contribution in [3.63, 3.8) is 0 Å². The number of aromatic nitrogens is 4. The van der Waals surface area contributed by atoms with Gasteiger partial charge in [-0.25, -0.2) is 14.6 Å². The van der Waals surface area contributed by atoms with Gasteiger partial charge < -0.3 is 5.32 Å². The lowest BCUT2D eigenvalue weighted by Gasteiger charge is -2.30. The molecule has 6 heteroatoms. The van der Waals surface area contributed by atoms with Crippen LogP contribution in [0.4, 0.5) is 0 Å². The van der Waals surface area contributed by atoms with Crippen molar-refractivity contribution in [2.75, 3.05) is 6.54 Å². The molecule has 1 aromatic carbocycles. The summed E-state index contributed by atoms with van der Waals surface area (Å²) in [5.74, 6) is 0.883. The number of rotatable bonds is 4. The van der Waals surface area contributed by atoms with Crippen molar-refractivity contribution < 1.29 is 4.79 Å². The van der Waals surface area contributed by atoms with E-state index in [1.165, 1.54) is 22.1 Å². The minimum atomic E-state index is -0.0989. The molecule has 4 rings (SSSR count). The van der Waals surface area contributed by atoms with Crippen LogP contribution >= 0.6 is 0 Å². The van der Waals surface area contributed by atoms with E-state index < -0.39 is 0 Å². The molecule has 0 aliphatic heterocycles. The van der Waals surface area contributed by atoms with Crippen LogP contribution in [0.3, 0.4) is 0 Å². The molecule has 0 fully saturated rings. The summed E-state index contributed by atoms with van der Waals surface area (Å²) >= 11 is 0. The number of fused-ring (bicyclic) bond motifs is 1. The molecule has 114 valence electrons. The third kappa shape index (κ3) is 2.59. The molecule has 3 aromatic rings. The number of nitrogens with zero attached hydrogens (tertiary/aromatic N) is 4. The van der Waals surface area contributed by atoms with Crippen molar-refractivity contribution in [1.29, 1.82) is 0 Å². The molecule has 1 aliphatic rings. The quantitative estimate of drug-likeness (QED) is 0.797. The minimum Gasteiger partial charge on any atom is -0.351 e. The second kappa shape index (κ2) is 5.64. The Bertz CT molecular complexity index is 844. The van der Waals surface area contributed by atoms with Gasteiger partial charge in [0.25, 0.3) is 5.91 Å². The third-order valence-corrected chi connectivity index (χ3v) is 4.13. The zero-order valence-corrected chi connectivity index (χ0v) is 12.4. The van der Waals surface area contributed by atoms with Crippen LogP contribution in [0.5, 0.6) is 0 Å². The van der Waals surface area contributed by atoms with Gasteiger partial charge in [-0.2, -0.15) is 5.10 Å². The Morgan fingerprint density at radius 1 is 1.30 bits per heavy atom. The molecule has 1 aliphatic carbocycles. The molecule has 0 bridgehead atoms. The van der Waals surface area contributed by atoms with E-state index in [2.05, 4.69) is 38.6 Å². The molecule has 1 atom stereocenters. The first-order valence-electron chi connectivity index (χ1n) is 7.48. The zero-order valence-electron chi connectivity index (χ0n) is 12.4. The van der Waals surface area contributed by atoms with Crippen molar-refractivity contribution >= 4 is 5.91 Å². The summed E-state index contributed by atoms with van der Waals surface area (Å²) in [6, 6.07) is 11.8. The minimum absolute atomic E-state index is 0.0989. The largest absolute Gasteiger partial charge is 0.351 e. The zero-order chi connectivity index (χ0) is 15.6. The van der Waals surface area contributed by atoms with E-state index in [1.54, 1.807) is 24.7 Å². The van der Waals surface area contributed by atoms with Crippen LogP contribution in [0, 0.1) is 0 Å². The van der Waals surface area contributed by atoms with Crippen LogP contribution < -0.4 is 5.32 Å². The Hall–Kier alpha value is -3.02. The van der Waals surface area contributed by atoms with E-state index in [0.717, 1.165) is 6.42 Å². The number of hydrogen-bond acceptors (Lipinski definition) is 4. The highest BCUT2D eigenvalue weighted by atomic mass is 16.1. The normalized spacial score (nSPS) is 15.6. The summed E-state index contributed by atoms with van der Waals surface area (Å²) in [6.07, 6.45) is 5.61. The number of carbonyl (C=O) groups is 1. The van der Waals surface area contributed by atoms with Gasteiger partial charge in [-0.1, -0.05) is 24.3 Å². The summed E-state index contributed by atoms with van der Waals surface area (Å²) in [6.45, 7) is 0.650. The standard InChI is InChI=1S/C17H15N5O/c23-17(20-9-14-7-12-3-1-2-4-15(12)14)13-5-6-19-16(8-13)22-11-18-10-21-22/h1-6,8,10-11,14H,7,9H2,(H,20,23). The van der Waals surface area contributed by atoms with Gasteiger partial charge in [0.05, 0.1) is 0 Å². The maximum atomic E-state index is 12.3. The molecule has 1 amide bonds. The highest BCUT2D eigenvalue weighted by Crippen LogP contribution is 2.33. The fourth-order valence-electron chi connectivity index (χ4n) is 2.87. The molecule has 2 aromatic heterocycles. The van der Waals surface area contributed by atoms with Gasteiger partial charge in [0, 0.05) is 24.2 Å². The first-order valence-corrected chi connectivity index (χ1v) is 7.48. The van der Waals surface area contributed by atoms with E-state index in [1.807, 2.05) is 6.07 Å². The van der Waals surface area contributed by atoms with Crippen LogP contribution in [0.2, 0.25) is 0 Å². The summed E-state index contributed by atoms with van der Waals surface area (Å²) in [5.41, 5.74) is 3.29. The predicted octanol–water partition coefficient (Wildman–Crippen LogP) is 1.73. The lowest BCUT2D eigenvalue weighted by atomic mass is 9.77. The fraction of sp³-hybridized carbons (Fsp3) is 0.176. The summed E-state index contributed by atoms with van der Waals surface area (Å²) in [4.78, 5) is 20.4. The Kier molecular flexibility index (Phi) is 3.34. The number of hydrogen-bond donors (Lipinski definition) is 1. The van der Waals surface area contributed by atoms with Gasteiger partial charge in [-0.15, -0.1) is 0 Å². The first-order chi connectivity index (χ1) is 11.3. The second-order valence-electron chi connectivity index (χ2n) is 5.55. The maximum Gasteiger partial charge on any atom is 0.251 e. The van der Waals surface area contributed by atoms with Crippen LogP contribution in [0.1, 0.15) is 27.4 Å². The monoisotopic (exact) mass is 305 g/mol. The summed E-state index contributed by atoms with van der Waals surface area (Å²) in [7, 11) is 0. The number of carbonyl (C=O) groups excluding carboxylic acids is 1. The molecule has 6 nitrogen and oxygen atoms in total. The van der Waals surface area contributed by atoms with Crippen molar-refractivity contribution in [3.05, 3.63) is 71.9 Å². The number of nitrogens with one attached hydrogen (secondary N) is 1. The molecular formula is C17H15N5O. The van der Waals surface area contributed by atoms with Crippen molar-refractivity contribution in [2.45, 2.75) is 12.3 Å². The molecule has 2 heterocycles. The van der Waals surface area contributed by atoms with E-state index in [-0.39, 0.29) is 5.91 Å². The van der Waals surface area contributed by atoms with E-state index in [0.29, 0.717) is 23.8 Å². The smallest absolute Gasteiger partial charge is 0.251 e. The Balaban J connectivity index is 1.43. The molecule has 1 N–H and O–H groups in total. The number of pyridine rings is 1. The van der Waals surface area contributed by atoms with Crippen molar-refractivity contribution in [3.8, 4) is 5.82 Å². The molecule has 0 spiro atoms. The molecule has 0 saturated carbocycles. The summed E-state index contributed by atoms with van der Waals surface area (Å²) < 4.78 is 1.53. The van der Waals surface area contributed by atoms with Gasteiger partial charge in [-0.05, 0) is 29.7 Å². The Labute approximate surface area is 133 Å². The topological polar surface area (TPSA) is 72.7 Å². The van der Waals surface area contributed by atoms with E-state index in [9.17, 15) is 4.79 Å². The highest BCUT2D eigenvalue weighted by Gasteiger charge is 2.25. The lowest BCUT2D eigenvalue weighted by molar-refractivity contribution is 0.0950. The molecule has 0 radical (unpaired) electrons. The maximum absolute atomic E-state index is 12.3. The van der Waals surface area contributed by atoms with Crippen LogP contribution in [-0.2, 0) is 6.42 Å². The van der Waals surface area contributed by atoms with Crippen LogP contribution in [0.25, 0.3) is 5.82 Å². The van der Waals surface area contributed by atoms with Gasteiger partial charge in [0.1, 0.15) is 12.7 Å². The second-order valence-corrected chi connectivity index (χ2v) is 5.55. The van der Waals surface area contributed by atoms with Gasteiger partial charge in [0.15, 0.2) is 5.82 Å². The lowest BCUT2D eigenvalue weighted by Crippen LogP contribution is -2.33. The number of amides is 1. The van der Waals surface area contributed by atoms with Crippen LogP contribution in [-0.4, -0.2) is 32.2 Å². The van der Waals surface area contributed by atoms with Gasteiger partial charge >= 0.3 is 0 Å². The highest BCUT2D eigenvalue weighted by molar-refractivity contribution is 5.94.